The third-order valence-corrected chi connectivity index (χ3v) is 3.75. The van der Waals surface area contributed by atoms with E-state index in [1.54, 1.807) is 6.20 Å². The Labute approximate surface area is 110 Å². The molecule has 0 aliphatic heterocycles. The summed E-state index contributed by atoms with van der Waals surface area (Å²) in [4.78, 5) is 15.7. The van der Waals surface area contributed by atoms with E-state index in [0.29, 0.717) is 5.92 Å². The van der Waals surface area contributed by atoms with Crippen LogP contribution in [0.5, 0.6) is 0 Å². The highest BCUT2D eigenvalue weighted by Crippen LogP contribution is 2.27. The molecule has 1 aromatic heterocycles. The third-order valence-electron chi connectivity index (χ3n) is 2.70. The number of aliphatic carboxylic acids is 1. The molecule has 0 unspecified atom stereocenters. The van der Waals surface area contributed by atoms with Gasteiger partial charge in [-0.1, -0.05) is 38.1 Å². The van der Waals surface area contributed by atoms with Crippen LogP contribution in [0, 0.1) is 0 Å². The summed E-state index contributed by atoms with van der Waals surface area (Å²) in [5.41, 5.74) is 2.34. The Morgan fingerprint density at radius 2 is 2.00 bits per heavy atom. The lowest BCUT2D eigenvalue weighted by Gasteiger charge is -2.05. The lowest BCUT2D eigenvalue weighted by molar-refractivity contribution is -0.136. The Hall–Kier alpha value is -1.68. The van der Waals surface area contributed by atoms with Gasteiger partial charge in [-0.25, -0.2) is 4.98 Å². The fourth-order valence-electron chi connectivity index (χ4n) is 1.68. The molecule has 0 fully saturated rings. The number of carbonyl (C=O) groups is 1. The van der Waals surface area contributed by atoms with E-state index in [1.165, 1.54) is 16.9 Å². The average molecular weight is 261 g/mol. The third kappa shape index (κ3) is 2.96. The minimum atomic E-state index is -0.819. The van der Waals surface area contributed by atoms with Crippen molar-refractivity contribution in [2.45, 2.75) is 26.2 Å². The molecule has 4 heteroatoms. The lowest BCUT2D eigenvalue weighted by atomic mass is 10.0. The Morgan fingerprint density at radius 3 is 2.56 bits per heavy atom. The van der Waals surface area contributed by atoms with Gasteiger partial charge in [-0.05, 0) is 11.5 Å². The van der Waals surface area contributed by atoms with Crippen LogP contribution in [0.3, 0.4) is 0 Å². The van der Waals surface area contributed by atoms with E-state index in [9.17, 15) is 4.79 Å². The van der Waals surface area contributed by atoms with Crippen LogP contribution in [-0.2, 0) is 11.2 Å². The first-order valence-electron chi connectivity index (χ1n) is 5.83. The van der Waals surface area contributed by atoms with Crippen LogP contribution >= 0.6 is 11.3 Å². The number of thiazole rings is 1. The van der Waals surface area contributed by atoms with Crippen molar-refractivity contribution in [1.82, 2.24) is 4.98 Å². The van der Waals surface area contributed by atoms with Gasteiger partial charge in [0.05, 0.1) is 6.42 Å². The van der Waals surface area contributed by atoms with Crippen LogP contribution in [0.4, 0.5) is 0 Å². The largest absolute Gasteiger partial charge is 0.481 e. The summed E-state index contributed by atoms with van der Waals surface area (Å²) < 4.78 is 0. The molecule has 94 valence electrons. The Morgan fingerprint density at radius 1 is 1.33 bits per heavy atom. The van der Waals surface area contributed by atoms with Crippen molar-refractivity contribution in [3.63, 3.8) is 0 Å². The summed E-state index contributed by atoms with van der Waals surface area (Å²) in [6.07, 6.45) is 1.69. The Balaban J connectivity index is 2.20. The fraction of sp³-hybridized carbons (Fsp3) is 0.286. The minimum Gasteiger partial charge on any atom is -0.481 e. The highest BCUT2D eigenvalue weighted by molar-refractivity contribution is 7.15. The van der Waals surface area contributed by atoms with Gasteiger partial charge in [-0.2, -0.15) is 0 Å². The quantitative estimate of drug-likeness (QED) is 0.915. The van der Waals surface area contributed by atoms with Crippen molar-refractivity contribution in [3.8, 4) is 10.6 Å². The summed E-state index contributed by atoms with van der Waals surface area (Å²) in [5.74, 6) is -0.307. The zero-order valence-corrected chi connectivity index (χ0v) is 11.2. The number of carboxylic acids is 1. The molecule has 0 radical (unpaired) electrons. The van der Waals surface area contributed by atoms with Crippen molar-refractivity contribution < 1.29 is 9.90 Å². The lowest BCUT2D eigenvalue weighted by Crippen LogP contribution is -1.97. The minimum absolute atomic E-state index is 0.0434. The number of rotatable bonds is 4. The first kappa shape index (κ1) is 12.8. The molecule has 0 saturated heterocycles. The fourth-order valence-corrected chi connectivity index (χ4v) is 2.59. The normalized spacial score (nSPS) is 10.8. The van der Waals surface area contributed by atoms with E-state index in [-0.39, 0.29) is 6.42 Å². The van der Waals surface area contributed by atoms with Crippen LogP contribution in [-0.4, -0.2) is 16.1 Å². The topological polar surface area (TPSA) is 50.2 Å². The highest BCUT2D eigenvalue weighted by Gasteiger charge is 2.08. The summed E-state index contributed by atoms with van der Waals surface area (Å²) in [5, 5.41) is 9.60. The summed E-state index contributed by atoms with van der Waals surface area (Å²) >= 11 is 1.44. The van der Waals surface area contributed by atoms with E-state index < -0.39 is 5.97 Å². The molecule has 18 heavy (non-hydrogen) atoms. The maximum Gasteiger partial charge on any atom is 0.308 e. The van der Waals surface area contributed by atoms with E-state index in [4.69, 9.17) is 5.11 Å². The molecule has 1 aromatic carbocycles. The van der Waals surface area contributed by atoms with Crippen LogP contribution in [0.2, 0.25) is 0 Å². The second kappa shape index (κ2) is 5.31. The number of hydrogen-bond donors (Lipinski definition) is 1. The van der Waals surface area contributed by atoms with Crippen molar-refractivity contribution in [2.24, 2.45) is 0 Å². The monoisotopic (exact) mass is 261 g/mol. The number of carboxylic acid groups (broad SMARTS) is 1. The van der Waals surface area contributed by atoms with Crippen molar-refractivity contribution in [2.75, 3.05) is 0 Å². The van der Waals surface area contributed by atoms with Gasteiger partial charge < -0.3 is 5.11 Å². The number of nitrogens with zero attached hydrogens (tertiary/aromatic N) is 1. The van der Waals surface area contributed by atoms with Crippen molar-refractivity contribution in [3.05, 3.63) is 40.9 Å². The maximum absolute atomic E-state index is 10.6. The first-order chi connectivity index (χ1) is 8.56. The van der Waals surface area contributed by atoms with Crippen LogP contribution < -0.4 is 0 Å². The van der Waals surface area contributed by atoms with Gasteiger partial charge in [0, 0.05) is 16.6 Å². The average Bonchev–Trinajstić information content (AvgIpc) is 2.76. The van der Waals surface area contributed by atoms with Gasteiger partial charge in [-0.3, -0.25) is 4.79 Å². The standard InChI is InChI=1S/C14H15NO2S/c1-9(2)10-3-5-11(6-4-10)14-15-8-12(18-14)7-13(16)17/h3-6,8-9H,7H2,1-2H3,(H,16,17). The Kier molecular flexibility index (Phi) is 3.77. The molecule has 2 rings (SSSR count). The molecule has 0 aliphatic rings. The van der Waals surface area contributed by atoms with E-state index in [2.05, 4.69) is 31.0 Å². The van der Waals surface area contributed by atoms with Gasteiger partial charge in [0.2, 0.25) is 0 Å². The second-order valence-corrected chi connectivity index (χ2v) is 5.59. The van der Waals surface area contributed by atoms with Gasteiger partial charge in [0.25, 0.3) is 0 Å². The van der Waals surface area contributed by atoms with E-state index >= 15 is 0 Å². The maximum atomic E-state index is 10.6. The molecule has 1 heterocycles. The van der Waals surface area contributed by atoms with Crippen molar-refractivity contribution >= 4 is 17.3 Å². The van der Waals surface area contributed by atoms with Crippen molar-refractivity contribution in [1.29, 1.82) is 0 Å². The van der Waals surface area contributed by atoms with E-state index in [0.717, 1.165) is 15.4 Å². The molecule has 0 atom stereocenters. The zero-order valence-electron chi connectivity index (χ0n) is 10.4. The molecule has 0 saturated carbocycles. The number of hydrogen-bond acceptors (Lipinski definition) is 3. The van der Waals surface area contributed by atoms with Gasteiger partial charge in [-0.15, -0.1) is 11.3 Å². The summed E-state index contributed by atoms with van der Waals surface area (Å²) in [6, 6.07) is 8.27. The van der Waals surface area contributed by atoms with E-state index in [1.807, 2.05) is 12.1 Å². The summed E-state index contributed by atoms with van der Waals surface area (Å²) in [7, 11) is 0. The highest BCUT2D eigenvalue weighted by atomic mass is 32.1. The first-order valence-corrected chi connectivity index (χ1v) is 6.64. The molecule has 0 amide bonds. The molecule has 1 N–H and O–H groups in total. The predicted molar refractivity (Wildman–Crippen MR) is 73.0 cm³/mol. The van der Waals surface area contributed by atoms with Crippen LogP contribution in [0.25, 0.3) is 10.6 Å². The molecule has 0 bridgehead atoms. The molecule has 0 spiro atoms. The molecule has 2 aromatic rings. The Bertz CT molecular complexity index is 543. The number of aromatic nitrogens is 1. The van der Waals surface area contributed by atoms with Gasteiger partial charge in [0.15, 0.2) is 0 Å². The second-order valence-electron chi connectivity index (χ2n) is 4.48. The predicted octanol–water partition coefficient (Wildman–Crippen LogP) is 3.56. The molecular formula is C14H15NO2S. The smallest absolute Gasteiger partial charge is 0.308 e. The summed E-state index contributed by atoms with van der Waals surface area (Å²) in [6.45, 7) is 4.31. The zero-order chi connectivity index (χ0) is 13.1. The van der Waals surface area contributed by atoms with Crippen LogP contribution in [0.1, 0.15) is 30.2 Å². The molecule has 0 aliphatic carbocycles. The van der Waals surface area contributed by atoms with Gasteiger partial charge >= 0.3 is 5.97 Å². The van der Waals surface area contributed by atoms with Gasteiger partial charge in [0.1, 0.15) is 5.01 Å². The number of benzene rings is 1. The molecular weight excluding hydrogens is 246 g/mol. The SMILES string of the molecule is CC(C)c1ccc(-c2ncc(CC(=O)O)s2)cc1. The van der Waals surface area contributed by atoms with Crippen LogP contribution in [0.15, 0.2) is 30.5 Å². The molecule has 3 nitrogen and oxygen atoms in total.